The quantitative estimate of drug-likeness (QED) is 0.271. The molecule has 1 aliphatic rings. The summed E-state index contributed by atoms with van der Waals surface area (Å²) in [5, 5.41) is 5.99. The fourth-order valence-corrected chi connectivity index (χ4v) is 8.35. The first-order valence-electron chi connectivity index (χ1n) is 12.1. The standard InChI is InChI=1S/C24H40N2O4S2/c1-3-5-7-9-11-15-19-31(27,28)24(23-25-21-17-13-14-18-22(21)26-23)32(29,30)20-16-12-10-8-6-4-2/h13-14,17-18,25-26H,3-12,15-16,19-20H2,1-2H3. The highest BCUT2D eigenvalue weighted by molar-refractivity contribution is 8.14. The van der Waals surface area contributed by atoms with E-state index in [0.29, 0.717) is 24.2 Å². The van der Waals surface area contributed by atoms with Crippen LogP contribution in [0.15, 0.2) is 34.3 Å². The number of fused-ring (bicyclic) bond motifs is 1. The molecule has 2 N–H and O–H groups in total. The first-order valence-corrected chi connectivity index (χ1v) is 15.4. The number of benzene rings is 1. The second-order valence-corrected chi connectivity index (χ2v) is 13.0. The van der Waals surface area contributed by atoms with Crippen LogP contribution in [0.3, 0.4) is 0 Å². The topological polar surface area (TPSA) is 92.3 Å². The van der Waals surface area contributed by atoms with Crippen LogP contribution < -0.4 is 10.6 Å². The third kappa shape index (κ3) is 8.10. The number of anilines is 2. The lowest BCUT2D eigenvalue weighted by atomic mass is 10.1. The summed E-state index contributed by atoms with van der Waals surface area (Å²) in [6, 6.07) is 7.25. The van der Waals surface area contributed by atoms with Crippen molar-refractivity contribution >= 4 is 31.0 Å². The minimum Gasteiger partial charge on any atom is -0.338 e. The van der Waals surface area contributed by atoms with Crippen LogP contribution in [0.2, 0.25) is 0 Å². The van der Waals surface area contributed by atoms with E-state index in [-0.39, 0.29) is 17.3 Å². The Bertz CT molecular complexity index is 879. The molecule has 1 aliphatic heterocycles. The van der Waals surface area contributed by atoms with Gasteiger partial charge >= 0.3 is 0 Å². The van der Waals surface area contributed by atoms with Crippen LogP contribution in [-0.4, -0.2) is 28.3 Å². The number of sulfone groups is 2. The van der Waals surface area contributed by atoms with Crippen LogP contribution in [0.1, 0.15) is 90.9 Å². The molecule has 0 fully saturated rings. The fourth-order valence-electron chi connectivity index (χ4n) is 3.94. The van der Waals surface area contributed by atoms with Crippen molar-refractivity contribution in [2.24, 2.45) is 0 Å². The van der Waals surface area contributed by atoms with Gasteiger partial charge in [-0.05, 0) is 25.0 Å². The molecule has 0 saturated heterocycles. The van der Waals surface area contributed by atoms with Gasteiger partial charge in [-0.2, -0.15) is 0 Å². The number of rotatable bonds is 16. The van der Waals surface area contributed by atoms with Gasteiger partial charge in [0.2, 0.25) is 0 Å². The maximum atomic E-state index is 13.3. The van der Waals surface area contributed by atoms with Gasteiger partial charge in [0.25, 0.3) is 0 Å². The lowest BCUT2D eigenvalue weighted by molar-refractivity contribution is 0.582. The zero-order valence-electron chi connectivity index (χ0n) is 19.7. The largest absolute Gasteiger partial charge is 0.338 e. The summed E-state index contributed by atoms with van der Waals surface area (Å²) >= 11 is 0. The van der Waals surface area contributed by atoms with E-state index in [1.807, 2.05) is 12.1 Å². The molecule has 1 aromatic rings. The third-order valence-electron chi connectivity index (χ3n) is 5.75. The summed E-state index contributed by atoms with van der Waals surface area (Å²) in [7, 11) is -7.92. The first kappa shape index (κ1) is 26.7. The molecule has 0 atom stereocenters. The van der Waals surface area contributed by atoms with Gasteiger partial charge in [0.05, 0.1) is 22.9 Å². The van der Waals surface area contributed by atoms with E-state index in [9.17, 15) is 16.8 Å². The van der Waals surface area contributed by atoms with Gasteiger partial charge in [0, 0.05) is 0 Å². The lowest BCUT2D eigenvalue weighted by Crippen LogP contribution is -2.24. The number of nitrogens with one attached hydrogen (secondary N) is 2. The molecular formula is C24H40N2O4S2. The molecule has 182 valence electrons. The molecule has 6 nitrogen and oxygen atoms in total. The van der Waals surface area contributed by atoms with Crippen LogP contribution >= 0.6 is 0 Å². The molecule has 0 radical (unpaired) electrons. The van der Waals surface area contributed by atoms with E-state index < -0.39 is 23.9 Å². The molecule has 1 aromatic carbocycles. The van der Waals surface area contributed by atoms with Crippen molar-refractivity contribution in [1.82, 2.24) is 0 Å². The highest BCUT2D eigenvalue weighted by atomic mass is 32.3. The summed E-state index contributed by atoms with van der Waals surface area (Å²) < 4.78 is 52.6. The Hall–Kier alpha value is -1.54. The van der Waals surface area contributed by atoms with Gasteiger partial charge < -0.3 is 10.6 Å². The monoisotopic (exact) mass is 484 g/mol. The van der Waals surface area contributed by atoms with Crippen molar-refractivity contribution < 1.29 is 16.8 Å². The molecule has 1 heterocycles. The number of para-hydroxylation sites is 2. The fraction of sp³-hybridized carbons (Fsp3) is 0.667. The van der Waals surface area contributed by atoms with Crippen LogP contribution in [0.5, 0.6) is 0 Å². The molecule has 0 amide bonds. The molecule has 0 aromatic heterocycles. The van der Waals surface area contributed by atoms with Crippen LogP contribution in [-0.2, 0) is 19.7 Å². The average Bonchev–Trinajstić information content (AvgIpc) is 3.15. The molecular weight excluding hydrogens is 444 g/mol. The molecule has 0 saturated carbocycles. The van der Waals surface area contributed by atoms with Crippen molar-refractivity contribution in [3.63, 3.8) is 0 Å². The second kappa shape index (κ2) is 13.2. The van der Waals surface area contributed by atoms with E-state index in [4.69, 9.17) is 0 Å². The predicted octanol–water partition coefficient (Wildman–Crippen LogP) is 6.20. The van der Waals surface area contributed by atoms with Gasteiger partial charge in [-0.25, -0.2) is 16.8 Å². The summed E-state index contributed by atoms with van der Waals surface area (Å²) in [5.41, 5.74) is 1.37. The Balaban J connectivity index is 2.16. The van der Waals surface area contributed by atoms with Gasteiger partial charge in [0.1, 0.15) is 5.82 Å². The average molecular weight is 485 g/mol. The van der Waals surface area contributed by atoms with Crippen molar-refractivity contribution in [2.45, 2.75) is 90.9 Å². The van der Waals surface area contributed by atoms with Crippen LogP contribution in [0, 0.1) is 0 Å². The maximum absolute atomic E-state index is 13.3. The molecule has 8 heteroatoms. The number of unbranched alkanes of at least 4 members (excludes halogenated alkanes) is 10. The molecule has 32 heavy (non-hydrogen) atoms. The van der Waals surface area contributed by atoms with Crippen molar-refractivity contribution in [3.8, 4) is 0 Å². The Labute approximate surface area is 195 Å². The zero-order valence-corrected chi connectivity index (χ0v) is 21.3. The van der Waals surface area contributed by atoms with Crippen molar-refractivity contribution in [3.05, 3.63) is 34.3 Å². The van der Waals surface area contributed by atoms with Gasteiger partial charge in [-0.3, -0.25) is 0 Å². The van der Waals surface area contributed by atoms with Crippen LogP contribution in [0.25, 0.3) is 0 Å². The normalized spacial score (nSPS) is 13.5. The molecule has 0 spiro atoms. The zero-order chi connectivity index (χ0) is 23.5. The highest BCUT2D eigenvalue weighted by Crippen LogP contribution is 2.34. The van der Waals surface area contributed by atoms with Gasteiger partial charge in [0.15, 0.2) is 23.9 Å². The Kier molecular flexibility index (Phi) is 11.0. The SMILES string of the molecule is CCCCCCCCS(=O)(=O)C(=C1Nc2ccccc2N1)S(=O)(=O)CCCCCCCC. The Morgan fingerprint density at radius 2 is 1.00 bits per heavy atom. The molecule has 0 bridgehead atoms. The minimum atomic E-state index is -3.96. The first-order chi connectivity index (χ1) is 15.3. The van der Waals surface area contributed by atoms with Gasteiger partial charge in [-0.1, -0.05) is 90.2 Å². The summed E-state index contributed by atoms with van der Waals surface area (Å²) in [4.78, 5) is 0. The predicted molar refractivity (Wildman–Crippen MR) is 135 cm³/mol. The van der Waals surface area contributed by atoms with E-state index in [1.165, 1.54) is 0 Å². The van der Waals surface area contributed by atoms with Crippen molar-refractivity contribution in [2.75, 3.05) is 22.1 Å². The minimum absolute atomic E-state index is 0.0724. The lowest BCUT2D eigenvalue weighted by Gasteiger charge is -2.14. The van der Waals surface area contributed by atoms with Gasteiger partial charge in [-0.15, -0.1) is 0 Å². The van der Waals surface area contributed by atoms with E-state index in [1.54, 1.807) is 12.1 Å². The van der Waals surface area contributed by atoms with E-state index >= 15 is 0 Å². The van der Waals surface area contributed by atoms with E-state index in [0.717, 1.165) is 64.2 Å². The van der Waals surface area contributed by atoms with Crippen molar-refractivity contribution in [1.29, 1.82) is 0 Å². The van der Waals surface area contributed by atoms with E-state index in [2.05, 4.69) is 24.5 Å². The Morgan fingerprint density at radius 1 is 0.625 bits per heavy atom. The number of hydrogen-bond donors (Lipinski definition) is 2. The highest BCUT2D eigenvalue weighted by Gasteiger charge is 2.36. The summed E-state index contributed by atoms with van der Waals surface area (Å²) in [6.45, 7) is 4.27. The molecule has 0 unspecified atom stereocenters. The molecule has 2 rings (SSSR count). The maximum Gasteiger partial charge on any atom is 0.199 e. The summed E-state index contributed by atoms with van der Waals surface area (Å²) in [6.07, 6.45) is 11.2. The Morgan fingerprint density at radius 3 is 1.41 bits per heavy atom. The smallest absolute Gasteiger partial charge is 0.199 e. The third-order valence-corrected chi connectivity index (χ3v) is 10.5. The molecule has 0 aliphatic carbocycles. The number of hydrogen-bond acceptors (Lipinski definition) is 6. The summed E-state index contributed by atoms with van der Waals surface area (Å²) in [5.74, 6) is -0.219. The second-order valence-electron chi connectivity index (χ2n) is 8.63. The van der Waals surface area contributed by atoms with Crippen LogP contribution in [0.4, 0.5) is 11.4 Å².